The molecule has 2 aromatic heterocycles. The molecule has 1 atom stereocenters. The first kappa shape index (κ1) is 23.0. The van der Waals surface area contributed by atoms with Gasteiger partial charge in [-0.25, -0.2) is 13.8 Å². The number of carbonyl (C=O) groups excluding carboxylic acids is 1. The predicted molar refractivity (Wildman–Crippen MR) is 113 cm³/mol. The van der Waals surface area contributed by atoms with Crippen LogP contribution in [0.4, 0.5) is 8.78 Å². The molecular weight excluding hydrogens is 428 g/mol. The Bertz CT molecular complexity index is 1070. The van der Waals surface area contributed by atoms with Gasteiger partial charge in [-0.2, -0.15) is 0 Å². The van der Waals surface area contributed by atoms with Gasteiger partial charge in [-0.3, -0.25) is 9.20 Å². The van der Waals surface area contributed by atoms with Crippen LogP contribution in [-0.4, -0.2) is 33.0 Å². The molecule has 2 heterocycles. The Morgan fingerprint density at radius 2 is 2.06 bits per heavy atom. The normalized spacial score (nSPS) is 12.2. The van der Waals surface area contributed by atoms with E-state index in [0.29, 0.717) is 12.1 Å². The molecule has 0 bridgehead atoms. The fraction of sp³-hybridized carbons (Fsp3) is 0.364. The number of nitrogens with one attached hydrogen (secondary N) is 1. The second-order valence-corrected chi connectivity index (χ2v) is 7.68. The minimum Gasteiger partial charge on any atom is -0.485 e. The molecule has 0 fully saturated rings. The van der Waals surface area contributed by atoms with Crippen LogP contribution in [0.5, 0.6) is 5.75 Å². The molecule has 0 spiro atoms. The van der Waals surface area contributed by atoms with E-state index < -0.39 is 17.5 Å². The number of aromatic nitrogens is 2. The standard InChI is InChI=1S/C22H24ClF2N3O3/c1-3-4-6-15(11-29)27-22(30)20-13(2)26-21-19(9-14(23)10-28(20)21)31-12-16-17(24)7-5-8-18(16)25/h5,7-10,15,29H,3-4,6,11-12H2,1-2H3,(H,27,30). The number of aliphatic hydroxyl groups excluding tert-OH is 1. The number of halogens is 3. The van der Waals surface area contributed by atoms with E-state index in [0.717, 1.165) is 25.0 Å². The van der Waals surface area contributed by atoms with Crippen LogP contribution in [0, 0.1) is 18.6 Å². The molecule has 9 heteroatoms. The predicted octanol–water partition coefficient (Wildman–Crippen LogP) is 4.43. The Kier molecular flexibility index (Phi) is 7.46. The Morgan fingerprint density at radius 1 is 1.35 bits per heavy atom. The van der Waals surface area contributed by atoms with Crippen LogP contribution in [0.1, 0.15) is 47.9 Å². The maximum absolute atomic E-state index is 13.9. The zero-order valence-corrected chi connectivity index (χ0v) is 18.0. The van der Waals surface area contributed by atoms with E-state index in [4.69, 9.17) is 16.3 Å². The molecule has 1 unspecified atom stereocenters. The van der Waals surface area contributed by atoms with Crippen LogP contribution in [0.2, 0.25) is 5.02 Å². The van der Waals surface area contributed by atoms with Crippen LogP contribution < -0.4 is 10.1 Å². The Hall–Kier alpha value is -2.71. The van der Waals surface area contributed by atoms with Crippen molar-refractivity contribution < 1.29 is 23.4 Å². The van der Waals surface area contributed by atoms with Gasteiger partial charge in [0.05, 0.1) is 28.9 Å². The number of carbonyl (C=O) groups is 1. The van der Waals surface area contributed by atoms with Crippen LogP contribution in [0.25, 0.3) is 5.65 Å². The molecule has 3 aromatic rings. The zero-order chi connectivity index (χ0) is 22.5. The highest BCUT2D eigenvalue weighted by molar-refractivity contribution is 6.30. The summed E-state index contributed by atoms with van der Waals surface area (Å²) in [5, 5.41) is 12.6. The summed E-state index contributed by atoms with van der Waals surface area (Å²) in [5.74, 6) is -1.67. The summed E-state index contributed by atoms with van der Waals surface area (Å²) in [6, 6.07) is 4.66. The van der Waals surface area contributed by atoms with Crippen molar-refractivity contribution >= 4 is 23.2 Å². The van der Waals surface area contributed by atoms with Crippen molar-refractivity contribution in [1.29, 1.82) is 0 Å². The van der Waals surface area contributed by atoms with Crippen LogP contribution in [0.15, 0.2) is 30.5 Å². The number of fused-ring (bicyclic) bond motifs is 1. The first-order valence-corrected chi connectivity index (χ1v) is 10.4. The molecular formula is C22H24ClF2N3O3. The highest BCUT2D eigenvalue weighted by atomic mass is 35.5. The summed E-state index contributed by atoms with van der Waals surface area (Å²) >= 11 is 6.21. The summed E-state index contributed by atoms with van der Waals surface area (Å²) in [6.45, 7) is 3.15. The summed E-state index contributed by atoms with van der Waals surface area (Å²) in [6.07, 6.45) is 3.98. The third kappa shape index (κ3) is 5.14. The molecule has 1 aromatic carbocycles. The van der Waals surface area contributed by atoms with Gasteiger partial charge in [-0.05, 0) is 25.5 Å². The lowest BCUT2D eigenvalue weighted by molar-refractivity contribution is 0.0905. The maximum atomic E-state index is 13.9. The van der Waals surface area contributed by atoms with Crippen LogP contribution in [-0.2, 0) is 6.61 Å². The largest absolute Gasteiger partial charge is 0.485 e. The summed E-state index contributed by atoms with van der Waals surface area (Å²) in [4.78, 5) is 17.3. The van der Waals surface area contributed by atoms with E-state index in [1.54, 1.807) is 6.92 Å². The minimum atomic E-state index is -0.722. The van der Waals surface area contributed by atoms with Gasteiger partial charge in [0.1, 0.15) is 23.9 Å². The number of hydrogen-bond acceptors (Lipinski definition) is 4. The monoisotopic (exact) mass is 451 g/mol. The van der Waals surface area contributed by atoms with Gasteiger partial charge in [0.2, 0.25) is 0 Å². The molecule has 2 N–H and O–H groups in total. The average molecular weight is 452 g/mol. The van der Waals surface area contributed by atoms with E-state index in [1.807, 2.05) is 6.92 Å². The van der Waals surface area contributed by atoms with Crippen molar-refractivity contribution in [2.24, 2.45) is 0 Å². The minimum absolute atomic E-state index is 0.176. The van der Waals surface area contributed by atoms with Crippen molar-refractivity contribution in [3.05, 3.63) is 64.1 Å². The topological polar surface area (TPSA) is 75.9 Å². The Balaban J connectivity index is 1.91. The third-order valence-electron chi connectivity index (χ3n) is 4.94. The molecule has 0 saturated heterocycles. The molecule has 0 radical (unpaired) electrons. The van der Waals surface area contributed by atoms with Gasteiger partial charge in [-0.1, -0.05) is 37.4 Å². The van der Waals surface area contributed by atoms with Crippen LogP contribution >= 0.6 is 11.6 Å². The van der Waals surface area contributed by atoms with E-state index in [2.05, 4.69) is 10.3 Å². The number of amides is 1. The van der Waals surface area contributed by atoms with Gasteiger partial charge in [0.25, 0.3) is 5.91 Å². The second-order valence-electron chi connectivity index (χ2n) is 7.25. The fourth-order valence-corrected chi connectivity index (χ4v) is 3.51. The lowest BCUT2D eigenvalue weighted by Gasteiger charge is -2.16. The van der Waals surface area contributed by atoms with Crippen molar-refractivity contribution in [3.63, 3.8) is 0 Å². The number of aliphatic hydroxyl groups is 1. The molecule has 31 heavy (non-hydrogen) atoms. The molecule has 0 aliphatic heterocycles. The number of nitrogens with zero attached hydrogens (tertiary/aromatic N) is 2. The van der Waals surface area contributed by atoms with E-state index in [-0.39, 0.29) is 46.9 Å². The number of imidazole rings is 1. The highest BCUT2D eigenvalue weighted by Gasteiger charge is 2.22. The van der Waals surface area contributed by atoms with Gasteiger partial charge >= 0.3 is 0 Å². The summed E-state index contributed by atoms with van der Waals surface area (Å²) in [5.41, 5.74) is 0.740. The molecule has 6 nitrogen and oxygen atoms in total. The number of ether oxygens (including phenoxy) is 1. The van der Waals surface area contributed by atoms with Gasteiger partial charge < -0.3 is 15.2 Å². The average Bonchev–Trinajstić information content (AvgIpc) is 3.06. The lowest BCUT2D eigenvalue weighted by atomic mass is 10.1. The van der Waals surface area contributed by atoms with Crippen molar-refractivity contribution in [2.75, 3.05) is 6.61 Å². The van der Waals surface area contributed by atoms with Gasteiger partial charge in [0, 0.05) is 12.3 Å². The number of benzene rings is 1. The maximum Gasteiger partial charge on any atom is 0.270 e. The van der Waals surface area contributed by atoms with Crippen LogP contribution in [0.3, 0.4) is 0 Å². The molecule has 0 saturated carbocycles. The number of hydrogen-bond donors (Lipinski definition) is 2. The van der Waals surface area contributed by atoms with E-state index in [1.165, 1.54) is 22.7 Å². The Labute approximate surface area is 183 Å². The van der Waals surface area contributed by atoms with Crippen molar-refractivity contribution in [2.45, 2.75) is 45.8 Å². The van der Waals surface area contributed by atoms with Crippen molar-refractivity contribution in [3.8, 4) is 5.75 Å². The van der Waals surface area contributed by atoms with Crippen molar-refractivity contribution in [1.82, 2.24) is 14.7 Å². The third-order valence-corrected chi connectivity index (χ3v) is 5.14. The fourth-order valence-electron chi connectivity index (χ4n) is 3.31. The first-order chi connectivity index (χ1) is 14.8. The number of aryl methyl sites for hydroxylation is 1. The van der Waals surface area contributed by atoms with E-state index in [9.17, 15) is 18.7 Å². The first-order valence-electron chi connectivity index (χ1n) is 10.0. The zero-order valence-electron chi connectivity index (χ0n) is 17.3. The molecule has 0 aliphatic rings. The number of pyridine rings is 1. The Morgan fingerprint density at radius 3 is 2.71 bits per heavy atom. The SMILES string of the molecule is CCCCC(CO)NC(=O)c1c(C)nc2c(OCc3c(F)cccc3F)cc(Cl)cn12. The smallest absolute Gasteiger partial charge is 0.270 e. The second kappa shape index (κ2) is 10.1. The summed E-state index contributed by atoms with van der Waals surface area (Å²) in [7, 11) is 0. The summed E-state index contributed by atoms with van der Waals surface area (Å²) < 4.78 is 35.0. The lowest BCUT2D eigenvalue weighted by Crippen LogP contribution is -2.38. The quantitative estimate of drug-likeness (QED) is 0.504. The van der Waals surface area contributed by atoms with Gasteiger partial charge in [-0.15, -0.1) is 0 Å². The number of rotatable bonds is 9. The highest BCUT2D eigenvalue weighted by Crippen LogP contribution is 2.28. The molecule has 1 amide bonds. The number of unbranched alkanes of at least 4 members (excludes halogenated alkanes) is 1. The van der Waals surface area contributed by atoms with E-state index >= 15 is 0 Å². The molecule has 3 rings (SSSR count). The molecule has 0 aliphatic carbocycles. The molecule has 166 valence electrons. The van der Waals surface area contributed by atoms with Gasteiger partial charge in [0.15, 0.2) is 11.4 Å².